The molecule has 0 aromatic carbocycles. The molecule has 122 valence electrons. The van der Waals surface area contributed by atoms with Crippen molar-refractivity contribution in [2.24, 2.45) is 5.92 Å². The Kier molecular flexibility index (Phi) is 4.75. The fourth-order valence-electron chi connectivity index (χ4n) is 2.33. The van der Waals surface area contributed by atoms with Gasteiger partial charge in [-0.05, 0) is 52.9 Å². The average Bonchev–Trinajstić information content (AvgIpc) is 2.93. The highest BCUT2D eigenvalue weighted by Gasteiger charge is 2.24. The van der Waals surface area contributed by atoms with Crippen LogP contribution in [0.2, 0.25) is 0 Å². The highest BCUT2D eigenvalue weighted by molar-refractivity contribution is 5.48. The summed E-state index contributed by atoms with van der Waals surface area (Å²) in [5, 5.41) is 4.70. The third-order valence-electron chi connectivity index (χ3n) is 3.23. The molecule has 0 aliphatic carbocycles. The molecule has 5 heteroatoms. The molecule has 0 N–H and O–H groups in total. The van der Waals surface area contributed by atoms with E-state index in [0.717, 1.165) is 36.1 Å². The van der Waals surface area contributed by atoms with Crippen LogP contribution in [0.1, 0.15) is 46.2 Å². The summed E-state index contributed by atoms with van der Waals surface area (Å²) in [7, 11) is 4.06. The normalized spacial score (nSPS) is 12.6. The minimum absolute atomic E-state index is 0.133. The van der Waals surface area contributed by atoms with Gasteiger partial charge in [-0.2, -0.15) is 5.10 Å². The molecular formula is C17H28N4O. The first kappa shape index (κ1) is 16.7. The lowest BCUT2D eigenvalue weighted by Crippen LogP contribution is -2.24. The SMILES string of the molecule is CC(C)Cc1nc(-c2ccc(CN(C)C)o2)n(C(C)(C)C)n1. The maximum absolute atomic E-state index is 5.97. The molecule has 0 aliphatic heterocycles. The quantitative estimate of drug-likeness (QED) is 0.847. The summed E-state index contributed by atoms with van der Waals surface area (Å²) in [5.74, 6) is 3.95. The van der Waals surface area contributed by atoms with Gasteiger partial charge in [-0.15, -0.1) is 0 Å². The molecule has 0 unspecified atom stereocenters. The molecule has 0 saturated carbocycles. The van der Waals surface area contributed by atoms with E-state index < -0.39 is 0 Å². The summed E-state index contributed by atoms with van der Waals surface area (Å²) in [6, 6.07) is 4.00. The van der Waals surface area contributed by atoms with E-state index in [-0.39, 0.29) is 5.54 Å². The average molecular weight is 304 g/mol. The van der Waals surface area contributed by atoms with Crippen LogP contribution in [0, 0.1) is 5.92 Å². The molecule has 0 bridgehead atoms. The van der Waals surface area contributed by atoms with Gasteiger partial charge in [-0.1, -0.05) is 13.8 Å². The Labute approximate surface area is 133 Å². The molecule has 0 radical (unpaired) electrons. The summed E-state index contributed by atoms with van der Waals surface area (Å²) in [6.07, 6.45) is 0.876. The topological polar surface area (TPSA) is 47.1 Å². The van der Waals surface area contributed by atoms with Gasteiger partial charge in [0.15, 0.2) is 17.4 Å². The van der Waals surface area contributed by atoms with Gasteiger partial charge in [0, 0.05) is 6.42 Å². The molecule has 0 spiro atoms. The van der Waals surface area contributed by atoms with Gasteiger partial charge in [0.2, 0.25) is 0 Å². The van der Waals surface area contributed by atoms with Crippen molar-refractivity contribution in [2.75, 3.05) is 14.1 Å². The number of aromatic nitrogens is 3. The van der Waals surface area contributed by atoms with Gasteiger partial charge in [0.25, 0.3) is 0 Å². The molecular weight excluding hydrogens is 276 g/mol. The summed E-state index contributed by atoms with van der Waals surface area (Å²) >= 11 is 0. The monoisotopic (exact) mass is 304 g/mol. The van der Waals surface area contributed by atoms with Crippen molar-refractivity contribution >= 4 is 0 Å². The number of hydrogen-bond acceptors (Lipinski definition) is 4. The zero-order valence-corrected chi connectivity index (χ0v) is 14.8. The Balaban J connectivity index is 2.39. The van der Waals surface area contributed by atoms with Crippen molar-refractivity contribution in [3.05, 3.63) is 23.7 Å². The Morgan fingerprint density at radius 2 is 1.91 bits per heavy atom. The molecule has 5 nitrogen and oxygen atoms in total. The van der Waals surface area contributed by atoms with Crippen molar-refractivity contribution in [2.45, 2.75) is 53.1 Å². The summed E-state index contributed by atoms with van der Waals surface area (Å²) in [6.45, 7) is 11.5. The van der Waals surface area contributed by atoms with E-state index in [0.29, 0.717) is 5.92 Å². The first-order valence-electron chi connectivity index (χ1n) is 7.87. The van der Waals surface area contributed by atoms with E-state index in [1.165, 1.54) is 0 Å². The van der Waals surface area contributed by atoms with Crippen LogP contribution in [-0.2, 0) is 18.5 Å². The lowest BCUT2D eigenvalue weighted by Gasteiger charge is -2.20. The Hall–Kier alpha value is -1.62. The highest BCUT2D eigenvalue weighted by Crippen LogP contribution is 2.26. The van der Waals surface area contributed by atoms with Crippen LogP contribution in [0.15, 0.2) is 16.5 Å². The van der Waals surface area contributed by atoms with Gasteiger partial charge >= 0.3 is 0 Å². The first-order valence-corrected chi connectivity index (χ1v) is 7.87. The van der Waals surface area contributed by atoms with E-state index in [1.54, 1.807) is 0 Å². The number of rotatable bonds is 5. The van der Waals surface area contributed by atoms with Crippen LogP contribution < -0.4 is 0 Å². The molecule has 2 aromatic heterocycles. The summed E-state index contributed by atoms with van der Waals surface area (Å²) in [4.78, 5) is 6.81. The third kappa shape index (κ3) is 3.97. The third-order valence-corrected chi connectivity index (χ3v) is 3.23. The first-order chi connectivity index (χ1) is 10.2. The van der Waals surface area contributed by atoms with Gasteiger partial charge < -0.3 is 9.32 Å². The van der Waals surface area contributed by atoms with E-state index in [9.17, 15) is 0 Å². The van der Waals surface area contributed by atoms with Crippen LogP contribution in [0.4, 0.5) is 0 Å². The Morgan fingerprint density at radius 1 is 1.23 bits per heavy atom. The second kappa shape index (κ2) is 6.24. The minimum Gasteiger partial charge on any atom is -0.456 e. The standard InChI is InChI=1S/C17H28N4O/c1-12(2)10-15-18-16(21(19-15)17(3,4)5)14-9-8-13(22-14)11-20(6)7/h8-9,12H,10-11H2,1-7H3. The predicted molar refractivity (Wildman–Crippen MR) is 88.7 cm³/mol. The van der Waals surface area contributed by atoms with Gasteiger partial charge in [0.05, 0.1) is 12.1 Å². The molecule has 0 fully saturated rings. The maximum atomic E-state index is 5.97. The number of furan rings is 1. The fraction of sp³-hybridized carbons (Fsp3) is 0.647. The zero-order valence-electron chi connectivity index (χ0n) is 14.8. The molecule has 2 aromatic rings. The Bertz CT molecular complexity index is 617. The van der Waals surface area contributed by atoms with Crippen LogP contribution >= 0.6 is 0 Å². The smallest absolute Gasteiger partial charge is 0.194 e. The van der Waals surface area contributed by atoms with Crippen LogP contribution in [0.25, 0.3) is 11.6 Å². The second-order valence-corrected chi connectivity index (χ2v) is 7.54. The lowest BCUT2D eigenvalue weighted by atomic mass is 10.1. The molecule has 2 heterocycles. The van der Waals surface area contributed by atoms with Crippen molar-refractivity contribution in [3.63, 3.8) is 0 Å². The highest BCUT2D eigenvalue weighted by atomic mass is 16.3. The zero-order chi connectivity index (χ0) is 16.5. The fourth-order valence-corrected chi connectivity index (χ4v) is 2.33. The van der Waals surface area contributed by atoms with Gasteiger partial charge in [0.1, 0.15) is 5.76 Å². The molecule has 0 atom stereocenters. The number of nitrogens with zero attached hydrogens (tertiary/aromatic N) is 4. The predicted octanol–water partition coefficient (Wildman–Crippen LogP) is 3.55. The molecule has 22 heavy (non-hydrogen) atoms. The Morgan fingerprint density at radius 3 is 2.45 bits per heavy atom. The van der Waals surface area contributed by atoms with Crippen LogP contribution in [-0.4, -0.2) is 33.8 Å². The van der Waals surface area contributed by atoms with Crippen molar-refractivity contribution in [1.82, 2.24) is 19.7 Å². The van der Waals surface area contributed by atoms with Gasteiger partial charge in [-0.3, -0.25) is 0 Å². The van der Waals surface area contributed by atoms with Crippen LogP contribution in [0.5, 0.6) is 0 Å². The van der Waals surface area contributed by atoms with Crippen molar-refractivity contribution < 1.29 is 4.42 Å². The van der Waals surface area contributed by atoms with Crippen molar-refractivity contribution in [1.29, 1.82) is 0 Å². The molecule has 0 aliphatic rings. The minimum atomic E-state index is -0.133. The van der Waals surface area contributed by atoms with E-state index in [1.807, 2.05) is 30.9 Å². The molecule has 0 saturated heterocycles. The molecule has 0 amide bonds. The van der Waals surface area contributed by atoms with E-state index >= 15 is 0 Å². The summed E-state index contributed by atoms with van der Waals surface area (Å²) in [5.41, 5.74) is -0.133. The maximum Gasteiger partial charge on any atom is 0.194 e. The van der Waals surface area contributed by atoms with Crippen molar-refractivity contribution in [3.8, 4) is 11.6 Å². The number of hydrogen-bond donors (Lipinski definition) is 0. The van der Waals surface area contributed by atoms with Crippen LogP contribution in [0.3, 0.4) is 0 Å². The lowest BCUT2D eigenvalue weighted by molar-refractivity contribution is 0.341. The van der Waals surface area contributed by atoms with Gasteiger partial charge in [-0.25, -0.2) is 9.67 Å². The second-order valence-electron chi connectivity index (χ2n) is 7.54. The largest absolute Gasteiger partial charge is 0.456 e. The molecule has 2 rings (SSSR count). The summed E-state index contributed by atoms with van der Waals surface area (Å²) < 4.78 is 7.94. The van der Waals surface area contributed by atoms with E-state index in [2.05, 4.69) is 39.5 Å². The van der Waals surface area contributed by atoms with E-state index in [4.69, 9.17) is 14.5 Å².